The molecule has 1 aliphatic carbocycles. The smallest absolute Gasteiger partial charge is 0.325 e. The Morgan fingerprint density at radius 2 is 1.97 bits per heavy atom. The van der Waals surface area contributed by atoms with E-state index in [9.17, 15) is 14.4 Å². The number of ether oxygens (including phenoxy) is 1. The van der Waals surface area contributed by atoms with E-state index < -0.39 is 17.5 Å². The van der Waals surface area contributed by atoms with Crippen LogP contribution < -0.4 is 15.4 Å². The molecule has 0 radical (unpaired) electrons. The van der Waals surface area contributed by atoms with E-state index in [4.69, 9.17) is 4.74 Å². The summed E-state index contributed by atoms with van der Waals surface area (Å²) in [6.07, 6.45) is 2.16. The summed E-state index contributed by atoms with van der Waals surface area (Å²) in [6.45, 7) is 7.93. The SMILES string of the molecule is COc1ccc(-c2nc(NC(=O)CN3C(=O)N[C@@]4(C[C@@H](C)CC(C)(C)C4)C3=O)sc2C)cc1. The molecule has 9 heteroatoms. The zero-order chi connectivity index (χ0) is 24.0. The van der Waals surface area contributed by atoms with Crippen LogP contribution in [0.3, 0.4) is 0 Å². The molecule has 0 unspecified atom stereocenters. The van der Waals surface area contributed by atoms with E-state index in [1.807, 2.05) is 31.2 Å². The number of methoxy groups -OCH3 is 1. The van der Waals surface area contributed by atoms with Crippen molar-refractivity contribution in [1.29, 1.82) is 0 Å². The third-order valence-electron chi connectivity index (χ3n) is 6.33. The Bertz CT molecular complexity index is 1090. The molecule has 1 saturated carbocycles. The number of carbonyl (C=O) groups excluding carboxylic acids is 3. The van der Waals surface area contributed by atoms with Crippen LogP contribution in [0.2, 0.25) is 0 Å². The number of aryl methyl sites for hydroxylation is 1. The van der Waals surface area contributed by atoms with Crippen molar-refractivity contribution in [3.8, 4) is 17.0 Å². The number of urea groups is 1. The van der Waals surface area contributed by atoms with Crippen molar-refractivity contribution >= 4 is 34.3 Å². The number of carbonyl (C=O) groups is 3. The van der Waals surface area contributed by atoms with Crippen LogP contribution in [0.25, 0.3) is 11.3 Å². The van der Waals surface area contributed by atoms with Crippen molar-refractivity contribution < 1.29 is 19.1 Å². The number of rotatable bonds is 5. The predicted octanol–water partition coefficient (Wildman–Crippen LogP) is 4.20. The Labute approximate surface area is 197 Å². The molecule has 1 aromatic heterocycles. The van der Waals surface area contributed by atoms with Crippen molar-refractivity contribution in [2.75, 3.05) is 19.0 Å². The number of thiazole rings is 1. The second-order valence-corrected chi connectivity index (χ2v) is 11.2. The lowest BCUT2D eigenvalue weighted by atomic mass is 9.64. The molecule has 2 aliphatic rings. The normalized spacial score (nSPS) is 24.2. The van der Waals surface area contributed by atoms with Crippen LogP contribution in [0.4, 0.5) is 9.93 Å². The Kier molecular flexibility index (Phi) is 5.94. The van der Waals surface area contributed by atoms with Crippen molar-refractivity contribution in [3.05, 3.63) is 29.1 Å². The average molecular weight is 471 g/mol. The van der Waals surface area contributed by atoms with Crippen LogP contribution in [0.5, 0.6) is 5.75 Å². The fourth-order valence-electron chi connectivity index (χ4n) is 5.42. The van der Waals surface area contributed by atoms with E-state index in [1.54, 1.807) is 7.11 Å². The molecule has 2 fully saturated rings. The topological polar surface area (TPSA) is 101 Å². The molecule has 176 valence electrons. The predicted molar refractivity (Wildman–Crippen MR) is 127 cm³/mol. The van der Waals surface area contributed by atoms with Gasteiger partial charge in [0.25, 0.3) is 5.91 Å². The number of aromatic nitrogens is 1. The number of hydrogen-bond acceptors (Lipinski definition) is 6. The molecule has 2 aromatic rings. The molecule has 1 aromatic carbocycles. The van der Waals surface area contributed by atoms with E-state index in [0.717, 1.165) is 33.2 Å². The highest BCUT2D eigenvalue weighted by atomic mass is 32.1. The van der Waals surface area contributed by atoms with Gasteiger partial charge in [-0.2, -0.15) is 0 Å². The van der Waals surface area contributed by atoms with Gasteiger partial charge in [-0.25, -0.2) is 9.78 Å². The number of benzene rings is 1. The maximum absolute atomic E-state index is 13.2. The van der Waals surface area contributed by atoms with Gasteiger partial charge in [-0.15, -0.1) is 11.3 Å². The maximum atomic E-state index is 13.2. The molecule has 1 aliphatic heterocycles. The molecule has 2 N–H and O–H groups in total. The van der Waals surface area contributed by atoms with Gasteiger partial charge in [-0.05, 0) is 61.8 Å². The monoisotopic (exact) mass is 470 g/mol. The second kappa shape index (κ2) is 8.44. The Morgan fingerprint density at radius 3 is 2.61 bits per heavy atom. The van der Waals surface area contributed by atoms with Gasteiger partial charge in [-0.1, -0.05) is 20.8 Å². The third kappa shape index (κ3) is 4.59. The molecule has 2 heterocycles. The number of hydrogen-bond donors (Lipinski definition) is 2. The number of imide groups is 1. The molecule has 1 spiro atoms. The Hall–Kier alpha value is -2.94. The van der Waals surface area contributed by atoms with E-state index in [-0.39, 0.29) is 17.9 Å². The van der Waals surface area contributed by atoms with E-state index in [0.29, 0.717) is 23.9 Å². The third-order valence-corrected chi connectivity index (χ3v) is 7.22. The van der Waals surface area contributed by atoms with Gasteiger partial charge in [0.2, 0.25) is 5.91 Å². The standard InChI is InChI=1S/C24H30N4O4S/c1-14-10-23(3,4)13-24(11-14)20(30)28(22(31)27-24)12-18(29)25-21-26-19(15(2)33-21)16-6-8-17(32-5)9-7-16/h6-9,14H,10-13H2,1-5H3,(H,27,31)(H,25,26,29)/t14-,24+/m0/s1. The molecule has 8 nitrogen and oxygen atoms in total. The largest absolute Gasteiger partial charge is 0.497 e. The molecular weight excluding hydrogens is 440 g/mol. The maximum Gasteiger partial charge on any atom is 0.325 e. The quantitative estimate of drug-likeness (QED) is 0.638. The zero-order valence-electron chi connectivity index (χ0n) is 19.7. The second-order valence-electron chi connectivity index (χ2n) is 9.96. The Morgan fingerprint density at radius 1 is 1.27 bits per heavy atom. The summed E-state index contributed by atoms with van der Waals surface area (Å²) in [4.78, 5) is 45.2. The lowest BCUT2D eigenvalue weighted by Crippen LogP contribution is -2.54. The van der Waals surface area contributed by atoms with E-state index in [2.05, 4.69) is 36.4 Å². The van der Waals surface area contributed by atoms with E-state index >= 15 is 0 Å². The first-order valence-electron chi connectivity index (χ1n) is 11.1. The fourth-order valence-corrected chi connectivity index (χ4v) is 6.27. The first kappa shape index (κ1) is 23.2. The summed E-state index contributed by atoms with van der Waals surface area (Å²) in [6, 6.07) is 7.02. The van der Waals surface area contributed by atoms with Crippen LogP contribution in [0.1, 0.15) is 44.9 Å². The lowest BCUT2D eigenvalue weighted by molar-refractivity contribution is -0.136. The molecule has 4 amide bonds. The molecule has 1 saturated heterocycles. The zero-order valence-corrected chi connectivity index (χ0v) is 20.5. The highest BCUT2D eigenvalue weighted by Crippen LogP contribution is 2.46. The van der Waals surface area contributed by atoms with Crippen LogP contribution in [-0.4, -0.2) is 46.9 Å². The number of nitrogens with zero attached hydrogens (tertiary/aromatic N) is 2. The first-order valence-corrected chi connectivity index (χ1v) is 11.9. The van der Waals surface area contributed by atoms with Gasteiger partial charge < -0.3 is 15.4 Å². The molecule has 33 heavy (non-hydrogen) atoms. The van der Waals surface area contributed by atoms with Gasteiger partial charge in [0.05, 0.1) is 12.8 Å². The summed E-state index contributed by atoms with van der Waals surface area (Å²) < 4.78 is 5.19. The molecule has 0 bridgehead atoms. The van der Waals surface area contributed by atoms with Crippen LogP contribution >= 0.6 is 11.3 Å². The minimum absolute atomic E-state index is 0.0604. The van der Waals surface area contributed by atoms with Crippen molar-refractivity contribution in [2.24, 2.45) is 11.3 Å². The summed E-state index contributed by atoms with van der Waals surface area (Å²) in [5.74, 6) is 0.300. The number of nitrogens with one attached hydrogen (secondary N) is 2. The molecule has 2 atom stereocenters. The van der Waals surface area contributed by atoms with Crippen molar-refractivity contribution in [2.45, 2.75) is 52.5 Å². The van der Waals surface area contributed by atoms with Gasteiger partial charge in [0, 0.05) is 10.4 Å². The molecule has 4 rings (SSSR count). The summed E-state index contributed by atoms with van der Waals surface area (Å²) in [7, 11) is 1.61. The van der Waals surface area contributed by atoms with Crippen LogP contribution in [0.15, 0.2) is 24.3 Å². The summed E-state index contributed by atoms with van der Waals surface area (Å²) in [5, 5.41) is 6.08. The van der Waals surface area contributed by atoms with Crippen molar-refractivity contribution in [1.82, 2.24) is 15.2 Å². The van der Waals surface area contributed by atoms with Gasteiger partial charge >= 0.3 is 6.03 Å². The minimum Gasteiger partial charge on any atom is -0.497 e. The van der Waals surface area contributed by atoms with Gasteiger partial charge in [0.1, 0.15) is 17.8 Å². The van der Waals surface area contributed by atoms with Gasteiger partial charge in [0.15, 0.2) is 5.13 Å². The van der Waals surface area contributed by atoms with Crippen LogP contribution in [-0.2, 0) is 9.59 Å². The number of amides is 4. The van der Waals surface area contributed by atoms with Crippen LogP contribution in [0, 0.1) is 18.3 Å². The van der Waals surface area contributed by atoms with Gasteiger partial charge in [-0.3, -0.25) is 14.5 Å². The van der Waals surface area contributed by atoms with E-state index in [1.165, 1.54) is 11.3 Å². The lowest BCUT2D eigenvalue weighted by Gasteiger charge is -2.43. The summed E-state index contributed by atoms with van der Waals surface area (Å²) >= 11 is 1.35. The highest BCUT2D eigenvalue weighted by molar-refractivity contribution is 7.16. The Balaban J connectivity index is 1.45. The molecular formula is C24H30N4O4S. The highest BCUT2D eigenvalue weighted by Gasteiger charge is 2.56. The summed E-state index contributed by atoms with van der Waals surface area (Å²) in [5.41, 5.74) is 0.702. The fraction of sp³-hybridized carbons (Fsp3) is 0.500. The minimum atomic E-state index is -0.919. The van der Waals surface area contributed by atoms with Crippen molar-refractivity contribution in [3.63, 3.8) is 0 Å². The first-order chi connectivity index (χ1) is 15.5. The average Bonchev–Trinajstić information content (AvgIpc) is 3.18. The number of anilines is 1.